The first-order valence-corrected chi connectivity index (χ1v) is 8.67. The molecule has 3 rings (SSSR count). The van der Waals surface area contributed by atoms with Crippen LogP contribution < -0.4 is 0 Å². The first-order valence-electron chi connectivity index (χ1n) is 8.67. The Bertz CT molecular complexity index is 675. The number of carbonyl (C=O) groups is 1. The molecule has 0 atom stereocenters. The molecule has 128 valence electrons. The Hall–Kier alpha value is -2.17. The van der Waals surface area contributed by atoms with E-state index in [-0.39, 0.29) is 11.7 Å². The zero-order valence-corrected chi connectivity index (χ0v) is 14.0. The fraction of sp³-hybridized carbons (Fsp3) is 0.474. The number of benzene rings is 1. The van der Waals surface area contributed by atoms with Gasteiger partial charge in [0, 0.05) is 31.0 Å². The van der Waals surface area contributed by atoms with Gasteiger partial charge in [-0.25, -0.2) is 9.37 Å². The molecule has 0 spiro atoms. The molecule has 1 heterocycles. The lowest BCUT2D eigenvalue weighted by Gasteiger charge is -2.27. The summed E-state index contributed by atoms with van der Waals surface area (Å²) in [6.45, 7) is 2.80. The van der Waals surface area contributed by atoms with Crippen LogP contribution in [0.3, 0.4) is 0 Å². The number of halogens is 1. The lowest BCUT2D eigenvalue weighted by atomic mass is 10.2. The van der Waals surface area contributed by atoms with Crippen LogP contribution in [0.4, 0.5) is 4.39 Å². The van der Waals surface area contributed by atoms with Gasteiger partial charge in [-0.1, -0.05) is 12.8 Å². The molecule has 1 aromatic carbocycles. The first kappa shape index (κ1) is 16.7. The second-order valence-electron chi connectivity index (χ2n) is 6.24. The van der Waals surface area contributed by atoms with Gasteiger partial charge < -0.3 is 9.32 Å². The van der Waals surface area contributed by atoms with Crippen LogP contribution in [0.5, 0.6) is 0 Å². The Morgan fingerprint density at radius 1 is 1.29 bits per heavy atom. The predicted octanol–water partition coefficient (Wildman–Crippen LogP) is 4.20. The van der Waals surface area contributed by atoms with Gasteiger partial charge in [0.2, 0.25) is 5.91 Å². The van der Waals surface area contributed by atoms with Gasteiger partial charge in [-0.2, -0.15) is 0 Å². The number of hydrogen-bond acceptors (Lipinski definition) is 3. The summed E-state index contributed by atoms with van der Waals surface area (Å²) in [6, 6.07) is 6.50. The summed E-state index contributed by atoms with van der Waals surface area (Å²) in [4.78, 5) is 18.7. The summed E-state index contributed by atoms with van der Waals surface area (Å²) in [6.07, 6.45) is 7.20. The van der Waals surface area contributed by atoms with Crippen LogP contribution in [0.2, 0.25) is 0 Å². The van der Waals surface area contributed by atoms with E-state index in [2.05, 4.69) is 4.98 Å². The molecule has 2 aromatic rings. The first-order chi connectivity index (χ1) is 11.7. The van der Waals surface area contributed by atoms with E-state index in [1.54, 1.807) is 18.3 Å². The summed E-state index contributed by atoms with van der Waals surface area (Å²) < 4.78 is 18.7. The molecule has 0 N–H and O–H groups in total. The van der Waals surface area contributed by atoms with Crippen molar-refractivity contribution in [3.63, 3.8) is 0 Å². The van der Waals surface area contributed by atoms with Gasteiger partial charge in [0.25, 0.3) is 0 Å². The zero-order valence-electron chi connectivity index (χ0n) is 14.0. The van der Waals surface area contributed by atoms with Crippen molar-refractivity contribution in [2.45, 2.75) is 51.5 Å². The maximum absolute atomic E-state index is 13.0. The van der Waals surface area contributed by atoms with E-state index in [1.807, 2.05) is 11.8 Å². The summed E-state index contributed by atoms with van der Waals surface area (Å²) in [5.41, 5.74) is 0.780. The smallest absolute Gasteiger partial charge is 0.223 e. The third kappa shape index (κ3) is 3.83. The molecule has 0 radical (unpaired) electrons. The average Bonchev–Trinajstić information content (AvgIpc) is 3.26. The highest BCUT2D eigenvalue weighted by atomic mass is 19.1. The summed E-state index contributed by atoms with van der Waals surface area (Å²) >= 11 is 0. The molecule has 1 aliphatic rings. The van der Waals surface area contributed by atoms with Crippen LogP contribution in [0.1, 0.15) is 44.9 Å². The van der Waals surface area contributed by atoms with Crippen LogP contribution in [0, 0.1) is 5.82 Å². The van der Waals surface area contributed by atoms with Crippen LogP contribution in [0.15, 0.2) is 34.9 Å². The van der Waals surface area contributed by atoms with Gasteiger partial charge in [0.05, 0.1) is 6.20 Å². The summed E-state index contributed by atoms with van der Waals surface area (Å²) in [5, 5.41) is 0. The van der Waals surface area contributed by atoms with Crippen molar-refractivity contribution in [1.82, 2.24) is 9.88 Å². The minimum atomic E-state index is -0.282. The molecule has 24 heavy (non-hydrogen) atoms. The Balaban J connectivity index is 1.58. The van der Waals surface area contributed by atoms with E-state index in [0.29, 0.717) is 30.5 Å². The largest absolute Gasteiger partial charge is 0.441 e. The molecule has 1 amide bonds. The van der Waals surface area contributed by atoms with Gasteiger partial charge in [-0.15, -0.1) is 0 Å². The molecule has 0 unspecified atom stereocenters. The summed E-state index contributed by atoms with van der Waals surface area (Å²) in [5.74, 6) is 1.03. The SMILES string of the molecule is CCN(C(=O)CCc1ncc(-c2ccc(F)cc2)o1)C1CCCC1. The Morgan fingerprint density at radius 3 is 2.67 bits per heavy atom. The highest BCUT2D eigenvalue weighted by molar-refractivity contribution is 5.76. The second-order valence-corrected chi connectivity index (χ2v) is 6.24. The lowest BCUT2D eigenvalue weighted by Crippen LogP contribution is -2.38. The molecule has 0 bridgehead atoms. The fourth-order valence-electron chi connectivity index (χ4n) is 3.39. The molecular weight excluding hydrogens is 307 g/mol. The molecule has 4 nitrogen and oxygen atoms in total. The number of hydrogen-bond donors (Lipinski definition) is 0. The van der Waals surface area contributed by atoms with Crippen molar-refractivity contribution in [3.05, 3.63) is 42.2 Å². The number of carbonyl (C=O) groups excluding carboxylic acids is 1. The van der Waals surface area contributed by atoms with Crippen molar-refractivity contribution in [1.29, 1.82) is 0 Å². The van der Waals surface area contributed by atoms with Crippen LogP contribution in [-0.4, -0.2) is 28.4 Å². The number of oxazole rings is 1. The summed E-state index contributed by atoms with van der Waals surface area (Å²) in [7, 11) is 0. The standard InChI is InChI=1S/C19H23FN2O2/c1-2-22(16-5-3-4-6-16)19(23)12-11-18-21-13-17(24-18)14-7-9-15(20)10-8-14/h7-10,13,16H,2-6,11-12H2,1H3. The van der Waals surface area contributed by atoms with Gasteiger partial charge in [0.1, 0.15) is 5.82 Å². The van der Waals surface area contributed by atoms with E-state index >= 15 is 0 Å². The Kier molecular flexibility index (Phi) is 5.28. The minimum absolute atomic E-state index is 0.172. The number of aromatic nitrogens is 1. The topological polar surface area (TPSA) is 46.3 Å². The maximum atomic E-state index is 13.0. The molecule has 5 heteroatoms. The second kappa shape index (κ2) is 7.60. The molecular formula is C19H23FN2O2. The van der Waals surface area contributed by atoms with E-state index in [4.69, 9.17) is 4.42 Å². The van der Waals surface area contributed by atoms with Crippen molar-refractivity contribution >= 4 is 5.91 Å². The number of nitrogens with zero attached hydrogens (tertiary/aromatic N) is 2. The molecule has 1 saturated carbocycles. The normalized spacial score (nSPS) is 14.9. The quantitative estimate of drug-likeness (QED) is 0.797. The average molecular weight is 330 g/mol. The van der Waals surface area contributed by atoms with E-state index in [9.17, 15) is 9.18 Å². The van der Waals surface area contributed by atoms with E-state index < -0.39 is 0 Å². The maximum Gasteiger partial charge on any atom is 0.223 e. The fourth-order valence-corrected chi connectivity index (χ4v) is 3.39. The van der Waals surface area contributed by atoms with Crippen molar-refractivity contribution < 1.29 is 13.6 Å². The van der Waals surface area contributed by atoms with Gasteiger partial charge in [-0.3, -0.25) is 4.79 Å². The number of amides is 1. The van der Waals surface area contributed by atoms with E-state index in [1.165, 1.54) is 25.0 Å². The van der Waals surface area contributed by atoms with Crippen molar-refractivity contribution in [2.24, 2.45) is 0 Å². The molecule has 0 aliphatic heterocycles. The molecule has 1 aliphatic carbocycles. The minimum Gasteiger partial charge on any atom is -0.441 e. The highest BCUT2D eigenvalue weighted by Gasteiger charge is 2.25. The third-order valence-electron chi connectivity index (χ3n) is 4.66. The number of aryl methyl sites for hydroxylation is 1. The third-order valence-corrected chi connectivity index (χ3v) is 4.66. The lowest BCUT2D eigenvalue weighted by molar-refractivity contribution is -0.133. The molecule has 1 fully saturated rings. The van der Waals surface area contributed by atoms with Gasteiger partial charge in [0.15, 0.2) is 11.7 Å². The highest BCUT2D eigenvalue weighted by Crippen LogP contribution is 2.25. The predicted molar refractivity (Wildman–Crippen MR) is 89.9 cm³/mol. The van der Waals surface area contributed by atoms with Crippen molar-refractivity contribution in [2.75, 3.05) is 6.54 Å². The van der Waals surface area contributed by atoms with Crippen LogP contribution in [0.25, 0.3) is 11.3 Å². The van der Waals surface area contributed by atoms with E-state index in [0.717, 1.165) is 24.9 Å². The monoisotopic (exact) mass is 330 g/mol. The van der Waals surface area contributed by atoms with Gasteiger partial charge >= 0.3 is 0 Å². The number of rotatable bonds is 6. The zero-order chi connectivity index (χ0) is 16.9. The van der Waals surface area contributed by atoms with Crippen molar-refractivity contribution in [3.8, 4) is 11.3 Å². The molecule has 0 saturated heterocycles. The Labute approximate surface area is 141 Å². The van der Waals surface area contributed by atoms with Crippen LogP contribution >= 0.6 is 0 Å². The molecule has 1 aromatic heterocycles. The van der Waals surface area contributed by atoms with Gasteiger partial charge in [-0.05, 0) is 44.0 Å². The Morgan fingerprint density at radius 2 is 2.00 bits per heavy atom. The van der Waals surface area contributed by atoms with Crippen LogP contribution in [-0.2, 0) is 11.2 Å².